The van der Waals surface area contributed by atoms with Crippen molar-refractivity contribution in [2.45, 2.75) is 29.6 Å². The van der Waals surface area contributed by atoms with Gasteiger partial charge < -0.3 is 0 Å². The van der Waals surface area contributed by atoms with Crippen molar-refractivity contribution < 1.29 is 17.2 Å². The first-order valence-electron chi connectivity index (χ1n) is 4.70. The van der Waals surface area contributed by atoms with E-state index in [2.05, 4.69) is 0 Å². The normalized spacial score (nSPS) is 20.4. The lowest BCUT2D eigenvalue weighted by atomic mass is 9.77. The molecule has 1 aliphatic rings. The minimum Gasteiger partial charge on any atom is -0.207 e. The molecule has 0 unspecified atom stereocenters. The predicted molar refractivity (Wildman–Crippen MR) is 56.4 cm³/mol. The fraction of sp³-hybridized carbons (Fsp3) is 0.400. The van der Waals surface area contributed by atoms with Gasteiger partial charge in [0.1, 0.15) is 0 Å². The maximum Gasteiger partial charge on any atom is 0.261 e. The van der Waals surface area contributed by atoms with Crippen molar-refractivity contribution in [1.82, 2.24) is 0 Å². The molecule has 0 aliphatic heterocycles. The predicted octanol–water partition coefficient (Wildman–Crippen LogP) is 3.13. The van der Waals surface area contributed by atoms with Crippen molar-refractivity contribution in [2.75, 3.05) is 0 Å². The van der Waals surface area contributed by atoms with E-state index in [1.165, 1.54) is 24.3 Å². The number of hydrogen-bond acceptors (Lipinski definition) is 2. The lowest BCUT2D eigenvalue weighted by molar-refractivity contribution is -0.0867. The Bertz CT molecular complexity index is 488. The average molecular weight is 267 g/mol. The van der Waals surface area contributed by atoms with E-state index >= 15 is 0 Å². The quantitative estimate of drug-likeness (QED) is 0.771. The van der Waals surface area contributed by atoms with Crippen LogP contribution in [0.15, 0.2) is 29.2 Å². The second-order valence-corrected chi connectivity index (χ2v) is 6.53. The third kappa shape index (κ3) is 2.35. The summed E-state index contributed by atoms with van der Waals surface area (Å²) in [4.78, 5) is -0.0102. The van der Waals surface area contributed by atoms with Crippen molar-refractivity contribution in [3.05, 3.63) is 29.8 Å². The number of rotatable bonds is 2. The van der Waals surface area contributed by atoms with Crippen LogP contribution in [-0.4, -0.2) is 14.3 Å². The summed E-state index contributed by atoms with van der Waals surface area (Å²) in [5.41, 5.74) is 0.731. The maximum absolute atomic E-state index is 12.6. The molecule has 0 atom stereocenters. The first kappa shape index (κ1) is 11.8. The van der Waals surface area contributed by atoms with E-state index in [4.69, 9.17) is 10.7 Å². The molecule has 1 saturated carbocycles. The van der Waals surface area contributed by atoms with E-state index in [0.29, 0.717) is 0 Å². The minimum atomic E-state index is -3.73. The third-order valence-corrected chi connectivity index (χ3v) is 4.09. The van der Waals surface area contributed by atoms with Crippen LogP contribution >= 0.6 is 10.7 Å². The molecule has 88 valence electrons. The van der Waals surface area contributed by atoms with Gasteiger partial charge in [0.05, 0.1) is 4.90 Å². The highest BCUT2D eigenvalue weighted by molar-refractivity contribution is 8.13. The van der Waals surface area contributed by atoms with Gasteiger partial charge in [-0.25, -0.2) is 17.2 Å². The van der Waals surface area contributed by atoms with Crippen LogP contribution in [0, 0.1) is 0 Å². The van der Waals surface area contributed by atoms with Crippen molar-refractivity contribution >= 4 is 19.7 Å². The molecule has 0 amide bonds. The largest absolute Gasteiger partial charge is 0.261 e. The Labute approximate surface area is 96.6 Å². The molecule has 1 fully saturated rings. The van der Waals surface area contributed by atoms with Gasteiger partial charge in [-0.1, -0.05) is 12.1 Å². The van der Waals surface area contributed by atoms with Crippen LogP contribution in [0.3, 0.4) is 0 Å². The molecule has 2 rings (SSSR count). The minimum absolute atomic E-state index is 0.0102. The molecule has 1 aromatic rings. The number of benzene rings is 1. The van der Waals surface area contributed by atoms with E-state index in [9.17, 15) is 17.2 Å². The molecule has 0 spiro atoms. The van der Waals surface area contributed by atoms with Gasteiger partial charge in [0.2, 0.25) is 5.92 Å². The van der Waals surface area contributed by atoms with Crippen LogP contribution in [0.25, 0.3) is 0 Å². The first-order chi connectivity index (χ1) is 7.28. The molecular formula is C10H9ClF2O2S. The molecule has 16 heavy (non-hydrogen) atoms. The van der Waals surface area contributed by atoms with E-state index < -0.39 is 15.0 Å². The smallest absolute Gasteiger partial charge is 0.207 e. The van der Waals surface area contributed by atoms with Crippen LogP contribution in [0.5, 0.6) is 0 Å². The van der Waals surface area contributed by atoms with Crippen LogP contribution in [0.2, 0.25) is 0 Å². The zero-order valence-corrected chi connectivity index (χ0v) is 9.73. The van der Waals surface area contributed by atoms with Crippen LogP contribution < -0.4 is 0 Å². The fourth-order valence-electron chi connectivity index (χ4n) is 1.80. The highest BCUT2D eigenvalue weighted by Crippen LogP contribution is 2.48. The summed E-state index contributed by atoms with van der Waals surface area (Å²) in [6.45, 7) is 0. The highest BCUT2D eigenvalue weighted by Gasteiger charge is 2.45. The molecule has 2 nitrogen and oxygen atoms in total. The van der Waals surface area contributed by atoms with Gasteiger partial charge in [-0.05, 0) is 23.6 Å². The number of hydrogen-bond donors (Lipinski definition) is 0. The molecule has 0 aromatic heterocycles. The molecule has 0 radical (unpaired) electrons. The molecule has 1 aromatic carbocycles. The summed E-state index contributed by atoms with van der Waals surface area (Å²) in [5, 5.41) is 0. The molecule has 6 heteroatoms. The number of alkyl halides is 2. The van der Waals surface area contributed by atoms with Crippen molar-refractivity contribution in [1.29, 1.82) is 0 Å². The van der Waals surface area contributed by atoms with Gasteiger partial charge in [-0.2, -0.15) is 0 Å². The van der Waals surface area contributed by atoms with Gasteiger partial charge in [0.15, 0.2) is 0 Å². The van der Waals surface area contributed by atoms with E-state index in [-0.39, 0.29) is 23.7 Å². The van der Waals surface area contributed by atoms with E-state index in [1.807, 2.05) is 0 Å². The molecule has 0 N–H and O–H groups in total. The van der Waals surface area contributed by atoms with Crippen LogP contribution in [0.1, 0.15) is 24.3 Å². The summed E-state index contributed by atoms with van der Waals surface area (Å²) in [6, 6.07) is 5.76. The monoisotopic (exact) mass is 266 g/mol. The Hall–Kier alpha value is -0.680. The number of halogens is 3. The van der Waals surface area contributed by atoms with E-state index in [1.54, 1.807) is 0 Å². The first-order valence-corrected chi connectivity index (χ1v) is 7.01. The summed E-state index contributed by atoms with van der Waals surface area (Å²) >= 11 is 0. The third-order valence-electron chi connectivity index (χ3n) is 2.72. The van der Waals surface area contributed by atoms with Gasteiger partial charge in [0.25, 0.3) is 9.05 Å². The van der Waals surface area contributed by atoms with Gasteiger partial charge >= 0.3 is 0 Å². The summed E-state index contributed by atoms with van der Waals surface area (Å²) in [6.07, 6.45) is -0.333. The maximum atomic E-state index is 12.6. The zero-order valence-electron chi connectivity index (χ0n) is 8.16. The Morgan fingerprint density at radius 3 is 2.06 bits per heavy atom. The van der Waals surface area contributed by atoms with Crippen LogP contribution in [-0.2, 0) is 9.05 Å². The van der Waals surface area contributed by atoms with Crippen molar-refractivity contribution in [2.24, 2.45) is 0 Å². The highest BCUT2D eigenvalue weighted by atomic mass is 35.7. The zero-order chi connectivity index (χ0) is 12.0. The molecule has 0 bridgehead atoms. The van der Waals surface area contributed by atoms with Gasteiger partial charge in [-0.15, -0.1) is 0 Å². The Morgan fingerprint density at radius 2 is 1.69 bits per heavy atom. The summed E-state index contributed by atoms with van der Waals surface area (Å²) < 4.78 is 47.1. The standard InChI is InChI=1S/C10H9ClF2O2S/c11-16(14,15)9-3-1-7(2-4-9)8-5-10(12,13)6-8/h1-4,8H,5-6H2. The second-order valence-electron chi connectivity index (χ2n) is 3.97. The topological polar surface area (TPSA) is 34.1 Å². The Kier molecular flexibility index (Phi) is 2.70. The summed E-state index contributed by atoms with van der Waals surface area (Å²) in [7, 11) is 1.40. The van der Waals surface area contributed by atoms with Gasteiger partial charge in [-0.3, -0.25) is 0 Å². The van der Waals surface area contributed by atoms with Crippen molar-refractivity contribution in [3.63, 3.8) is 0 Å². The molecule has 0 saturated heterocycles. The van der Waals surface area contributed by atoms with Crippen molar-refractivity contribution in [3.8, 4) is 0 Å². The Morgan fingerprint density at radius 1 is 1.19 bits per heavy atom. The average Bonchev–Trinajstić information content (AvgIpc) is 2.13. The van der Waals surface area contributed by atoms with Gasteiger partial charge in [0, 0.05) is 23.5 Å². The molecule has 0 heterocycles. The second kappa shape index (κ2) is 3.67. The molecular weight excluding hydrogens is 258 g/mol. The summed E-state index contributed by atoms with van der Waals surface area (Å²) in [5.74, 6) is -2.75. The van der Waals surface area contributed by atoms with E-state index in [0.717, 1.165) is 5.56 Å². The fourth-order valence-corrected chi connectivity index (χ4v) is 2.57. The van der Waals surface area contributed by atoms with Crippen LogP contribution in [0.4, 0.5) is 8.78 Å². The lowest BCUT2D eigenvalue weighted by Crippen LogP contribution is -2.33. The molecule has 1 aliphatic carbocycles. The Balaban J connectivity index is 2.16. The lowest BCUT2D eigenvalue weighted by Gasteiger charge is -2.35. The SMILES string of the molecule is O=S(=O)(Cl)c1ccc(C2CC(F)(F)C2)cc1.